The van der Waals surface area contributed by atoms with Crippen LogP contribution in [0.1, 0.15) is 11.1 Å². The van der Waals surface area contributed by atoms with Crippen LogP contribution in [-0.4, -0.2) is 19.5 Å². The molecule has 0 radical (unpaired) electrons. The second-order valence-corrected chi connectivity index (χ2v) is 7.17. The van der Waals surface area contributed by atoms with Crippen LogP contribution < -0.4 is 5.56 Å². The summed E-state index contributed by atoms with van der Waals surface area (Å²) in [5, 5.41) is 15.1. The van der Waals surface area contributed by atoms with Gasteiger partial charge in [0.1, 0.15) is 11.5 Å². The van der Waals surface area contributed by atoms with E-state index in [0.717, 1.165) is 16.5 Å². The van der Waals surface area contributed by atoms with Crippen LogP contribution in [0.25, 0.3) is 27.8 Å². The van der Waals surface area contributed by atoms with Crippen molar-refractivity contribution in [3.8, 4) is 16.9 Å². The molecule has 0 unspecified atom stereocenters. The van der Waals surface area contributed by atoms with E-state index in [2.05, 4.69) is 5.10 Å². The Kier molecular flexibility index (Phi) is 4.41. The van der Waals surface area contributed by atoms with Crippen LogP contribution in [-0.2, 0) is 13.2 Å². The van der Waals surface area contributed by atoms with Gasteiger partial charge in [0.2, 0.25) is 0 Å². The van der Waals surface area contributed by atoms with Crippen molar-refractivity contribution in [1.29, 1.82) is 0 Å². The van der Waals surface area contributed by atoms with E-state index in [0.29, 0.717) is 29.1 Å². The molecular weight excluding hydrogens is 381 g/mol. The van der Waals surface area contributed by atoms with Gasteiger partial charge >= 0.3 is 0 Å². The number of fused-ring (bicyclic) bond motifs is 3. The fourth-order valence-corrected chi connectivity index (χ4v) is 3.81. The number of aromatic nitrogens is 3. The lowest BCUT2D eigenvalue weighted by molar-refractivity contribution is 0.281. The van der Waals surface area contributed by atoms with Crippen molar-refractivity contribution in [3.05, 3.63) is 106 Å². The summed E-state index contributed by atoms with van der Waals surface area (Å²) in [6, 6.07) is 21.3. The molecule has 5 nitrogen and oxygen atoms in total. The summed E-state index contributed by atoms with van der Waals surface area (Å²) < 4.78 is 16.6. The molecule has 0 fully saturated rings. The maximum atomic E-state index is 13.3. The van der Waals surface area contributed by atoms with Gasteiger partial charge in [-0.05, 0) is 29.8 Å². The van der Waals surface area contributed by atoms with Gasteiger partial charge in [0, 0.05) is 23.7 Å². The average molecular weight is 399 g/mol. The molecule has 148 valence electrons. The predicted molar refractivity (Wildman–Crippen MR) is 113 cm³/mol. The zero-order chi connectivity index (χ0) is 20.7. The molecule has 0 amide bonds. The molecule has 0 spiro atoms. The highest BCUT2D eigenvalue weighted by atomic mass is 19.1. The molecule has 2 heterocycles. The molecule has 0 bridgehead atoms. The Balaban J connectivity index is 1.75. The van der Waals surface area contributed by atoms with Gasteiger partial charge in [-0.25, -0.2) is 4.39 Å². The van der Waals surface area contributed by atoms with Crippen LogP contribution in [0, 0.1) is 5.82 Å². The third-order valence-electron chi connectivity index (χ3n) is 5.29. The summed E-state index contributed by atoms with van der Waals surface area (Å²) in [4.78, 5) is 13.2. The van der Waals surface area contributed by atoms with E-state index >= 15 is 0 Å². The summed E-state index contributed by atoms with van der Waals surface area (Å²) in [5.41, 5.74) is 3.90. The Bertz CT molecular complexity index is 1390. The number of aliphatic hydroxyl groups excluding tert-OH is 1. The lowest BCUT2D eigenvalue weighted by atomic mass is 10.1. The Morgan fingerprint density at radius 3 is 2.47 bits per heavy atom. The zero-order valence-electron chi connectivity index (χ0n) is 16.0. The molecule has 1 N–H and O–H groups in total. The summed E-state index contributed by atoms with van der Waals surface area (Å²) >= 11 is 0. The van der Waals surface area contributed by atoms with Crippen molar-refractivity contribution >= 4 is 10.9 Å². The fourth-order valence-electron chi connectivity index (χ4n) is 3.81. The monoisotopic (exact) mass is 399 g/mol. The van der Waals surface area contributed by atoms with Gasteiger partial charge in [-0.2, -0.15) is 9.78 Å². The number of halogens is 1. The number of rotatable bonds is 4. The number of benzene rings is 3. The van der Waals surface area contributed by atoms with Crippen LogP contribution >= 0.6 is 0 Å². The highest BCUT2D eigenvalue weighted by Gasteiger charge is 2.21. The minimum Gasteiger partial charge on any atom is -0.392 e. The van der Waals surface area contributed by atoms with Crippen LogP contribution in [0.5, 0.6) is 0 Å². The number of hydrogen-bond donors (Lipinski definition) is 1. The van der Waals surface area contributed by atoms with E-state index in [1.165, 1.54) is 16.8 Å². The molecule has 0 saturated carbocycles. The maximum Gasteiger partial charge on any atom is 0.282 e. The molecule has 2 aliphatic rings. The second-order valence-electron chi connectivity index (χ2n) is 7.17. The van der Waals surface area contributed by atoms with Crippen LogP contribution in [0.15, 0.2) is 83.8 Å². The highest BCUT2D eigenvalue weighted by molar-refractivity contribution is 5.93. The summed E-state index contributed by atoms with van der Waals surface area (Å²) in [5.74, 6) is -0.283. The van der Waals surface area contributed by atoms with Crippen molar-refractivity contribution in [2.24, 2.45) is 0 Å². The minimum absolute atomic E-state index is 0.183. The minimum atomic E-state index is -0.283. The van der Waals surface area contributed by atoms with E-state index in [4.69, 9.17) is 0 Å². The van der Waals surface area contributed by atoms with Crippen LogP contribution in [0.3, 0.4) is 0 Å². The number of pyridine rings is 1. The summed E-state index contributed by atoms with van der Waals surface area (Å²) in [6.07, 6.45) is 1.80. The number of hydrogen-bond acceptors (Lipinski definition) is 3. The Morgan fingerprint density at radius 1 is 0.933 bits per heavy atom. The molecule has 3 aromatic carbocycles. The van der Waals surface area contributed by atoms with Crippen molar-refractivity contribution in [1.82, 2.24) is 14.3 Å². The molecule has 6 heteroatoms. The van der Waals surface area contributed by atoms with Gasteiger partial charge in [0.05, 0.1) is 23.4 Å². The van der Waals surface area contributed by atoms with Gasteiger partial charge < -0.3 is 9.67 Å². The van der Waals surface area contributed by atoms with Gasteiger partial charge in [0.25, 0.3) is 5.56 Å². The molecule has 2 aliphatic heterocycles. The Hall–Kier alpha value is -3.77. The fraction of sp³-hybridized carbons (Fsp3) is 0.0833. The van der Waals surface area contributed by atoms with Gasteiger partial charge in [-0.3, -0.25) is 4.79 Å². The largest absolute Gasteiger partial charge is 0.392 e. The van der Waals surface area contributed by atoms with E-state index in [1.807, 2.05) is 41.0 Å². The smallest absolute Gasteiger partial charge is 0.282 e. The maximum absolute atomic E-state index is 13.3. The topological polar surface area (TPSA) is 60.0 Å². The lowest BCUT2D eigenvalue weighted by Gasteiger charge is -2.13. The number of aliphatic hydroxyl groups is 1. The molecular formula is C24H18FN3O2. The van der Waals surface area contributed by atoms with E-state index in [1.54, 1.807) is 30.5 Å². The first-order chi connectivity index (χ1) is 14.7. The van der Waals surface area contributed by atoms with Crippen molar-refractivity contribution in [2.75, 3.05) is 0 Å². The second kappa shape index (κ2) is 7.24. The normalized spacial score (nSPS) is 11.4. The molecule has 0 aromatic heterocycles. The van der Waals surface area contributed by atoms with E-state index in [9.17, 15) is 14.3 Å². The van der Waals surface area contributed by atoms with E-state index in [-0.39, 0.29) is 18.0 Å². The first kappa shape index (κ1) is 18.3. The number of nitrogens with zero attached hydrogens (tertiary/aromatic N) is 3. The first-order valence-electron chi connectivity index (χ1n) is 9.60. The first-order valence-corrected chi connectivity index (χ1v) is 9.60. The van der Waals surface area contributed by atoms with Crippen molar-refractivity contribution in [2.45, 2.75) is 13.2 Å². The molecule has 30 heavy (non-hydrogen) atoms. The third-order valence-corrected chi connectivity index (χ3v) is 5.29. The van der Waals surface area contributed by atoms with Gasteiger partial charge in [-0.1, -0.05) is 48.5 Å². The standard InChI is InChI=1S/C24H18FN3O2/c25-18-11-9-16(10-12-18)13-27-14-20-23(19-6-2-4-8-22(19)27)26-28(24(20)30)21-7-3-1-5-17(21)15-29/h1-12,14,29H,13,15H2. The predicted octanol–water partition coefficient (Wildman–Crippen LogP) is 3.97. The van der Waals surface area contributed by atoms with Gasteiger partial charge in [0.15, 0.2) is 0 Å². The molecule has 5 rings (SSSR count). The van der Waals surface area contributed by atoms with Crippen LogP contribution in [0.4, 0.5) is 4.39 Å². The lowest BCUT2D eigenvalue weighted by Crippen LogP contribution is -2.16. The van der Waals surface area contributed by atoms with Crippen molar-refractivity contribution < 1.29 is 9.50 Å². The zero-order valence-corrected chi connectivity index (χ0v) is 16.0. The van der Waals surface area contributed by atoms with Crippen molar-refractivity contribution in [3.63, 3.8) is 0 Å². The molecule has 0 atom stereocenters. The SMILES string of the molecule is O=c1c2cn(Cc3ccc(F)cc3)c3ccccc3c-2nn1-c1ccccc1CO. The number of para-hydroxylation sites is 2. The Labute approximate surface area is 171 Å². The summed E-state index contributed by atoms with van der Waals surface area (Å²) in [6.45, 7) is 0.311. The summed E-state index contributed by atoms with van der Waals surface area (Å²) in [7, 11) is 0. The van der Waals surface area contributed by atoms with Crippen LogP contribution in [0.2, 0.25) is 0 Å². The molecule has 0 aliphatic carbocycles. The average Bonchev–Trinajstić information content (AvgIpc) is 3.12. The highest BCUT2D eigenvalue weighted by Crippen LogP contribution is 2.29. The van der Waals surface area contributed by atoms with Gasteiger partial charge in [-0.15, -0.1) is 0 Å². The molecule has 0 saturated heterocycles. The molecule has 3 aromatic rings. The van der Waals surface area contributed by atoms with E-state index < -0.39 is 0 Å². The quantitative estimate of drug-likeness (QED) is 0.497. The third kappa shape index (κ3) is 2.98. The Morgan fingerprint density at radius 2 is 1.67 bits per heavy atom.